The van der Waals surface area contributed by atoms with Gasteiger partial charge in [-0.25, -0.2) is 8.42 Å². The zero-order valence-electron chi connectivity index (χ0n) is 11.9. The first-order chi connectivity index (χ1) is 8.64. The molecule has 0 bridgehead atoms. The van der Waals surface area contributed by atoms with E-state index in [0.29, 0.717) is 19.6 Å². The van der Waals surface area contributed by atoms with E-state index in [-0.39, 0.29) is 29.9 Å². The van der Waals surface area contributed by atoms with E-state index in [1.807, 2.05) is 0 Å². The smallest absolute Gasteiger partial charge is 0.224 e. The Bertz CT molecular complexity index is 414. The summed E-state index contributed by atoms with van der Waals surface area (Å²) in [7, 11) is -1.45. The van der Waals surface area contributed by atoms with Gasteiger partial charge in [0.1, 0.15) is 0 Å². The molecule has 6 nitrogen and oxygen atoms in total. The molecule has 1 aliphatic heterocycles. The predicted molar refractivity (Wildman–Crippen MR) is 73.5 cm³/mol. The number of methoxy groups -OCH3 is 1. The highest BCUT2D eigenvalue weighted by Gasteiger charge is 2.35. The topological polar surface area (TPSA) is 89.7 Å². The largest absolute Gasteiger partial charge is 0.383 e. The maximum absolute atomic E-state index is 12.3. The van der Waals surface area contributed by atoms with Gasteiger partial charge in [0.2, 0.25) is 5.91 Å². The monoisotopic (exact) mass is 292 g/mol. The molecule has 1 rings (SSSR count). The van der Waals surface area contributed by atoms with Crippen LogP contribution in [-0.4, -0.2) is 62.6 Å². The van der Waals surface area contributed by atoms with Crippen molar-refractivity contribution >= 4 is 15.7 Å². The number of carbonyl (C=O) groups is 1. The number of rotatable bonds is 6. The lowest BCUT2D eigenvalue weighted by Crippen LogP contribution is -2.47. The Morgan fingerprint density at radius 2 is 2.11 bits per heavy atom. The van der Waals surface area contributed by atoms with Crippen molar-refractivity contribution < 1.29 is 17.9 Å². The van der Waals surface area contributed by atoms with E-state index in [9.17, 15) is 13.2 Å². The fourth-order valence-corrected chi connectivity index (χ4v) is 3.94. The molecule has 0 saturated carbocycles. The molecule has 1 amide bonds. The first-order valence-corrected chi connectivity index (χ1v) is 8.24. The minimum Gasteiger partial charge on any atom is -0.383 e. The molecule has 1 saturated heterocycles. The highest BCUT2D eigenvalue weighted by Crippen LogP contribution is 2.20. The van der Waals surface area contributed by atoms with E-state index in [1.54, 1.807) is 25.9 Å². The molecule has 0 aliphatic carbocycles. The number of ether oxygens (including phenoxy) is 1. The van der Waals surface area contributed by atoms with Crippen molar-refractivity contribution in [2.75, 3.05) is 31.8 Å². The van der Waals surface area contributed by atoms with Gasteiger partial charge in [-0.15, -0.1) is 0 Å². The molecule has 1 heterocycles. The predicted octanol–water partition coefficient (Wildman–Crippen LogP) is -0.224. The molecule has 0 aromatic rings. The minimum absolute atomic E-state index is 0.0491. The molecule has 1 aliphatic rings. The first-order valence-electron chi connectivity index (χ1n) is 6.42. The summed E-state index contributed by atoms with van der Waals surface area (Å²) in [6.07, 6.45) is 0.704. The Labute approximate surface area is 115 Å². The van der Waals surface area contributed by atoms with Crippen LogP contribution in [0.2, 0.25) is 0 Å². The second-order valence-electron chi connectivity index (χ2n) is 5.80. The number of hydrogen-bond donors (Lipinski definition) is 1. The number of hydrogen-bond acceptors (Lipinski definition) is 5. The van der Waals surface area contributed by atoms with Gasteiger partial charge >= 0.3 is 0 Å². The highest BCUT2D eigenvalue weighted by molar-refractivity contribution is 7.91. The fraction of sp³-hybridized carbons (Fsp3) is 0.917. The van der Waals surface area contributed by atoms with Crippen LogP contribution in [0.3, 0.4) is 0 Å². The van der Waals surface area contributed by atoms with Gasteiger partial charge in [-0.1, -0.05) is 0 Å². The van der Waals surface area contributed by atoms with Gasteiger partial charge < -0.3 is 15.4 Å². The van der Waals surface area contributed by atoms with Crippen molar-refractivity contribution in [3.05, 3.63) is 0 Å². The van der Waals surface area contributed by atoms with Gasteiger partial charge in [-0.2, -0.15) is 0 Å². The summed E-state index contributed by atoms with van der Waals surface area (Å²) < 4.78 is 28.1. The number of carbonyl (C=O) groups excluding carboxylic acids is 1. The first kappa shape index (κ1) is 16.4. The van der Waals surface area contributed by atoms with Gasteiger partial charge in [0.05, 0.1) is 18.1 Å². The summed E-state index contributed by atoms with van der Waals surface area (Å²) in [5, 5.41) is 0. The van der Waals surface area contributed by atoms with Crippen LogP contribution in [-0.2, 0) is 19.4 Å². The lowest BCUT2D eigenvalue weighted by atomic mass is 10.0. The van der Waals surface area contributed by atoms with E-state index in [0.717, 1.165) is 0 Å². The SMILES string of the molecule is COCCN(C(=O)CC(C)(C)N)C1CCS(=O)(=O)C1. The van der Waals surface area contributed by atoms with E-state index in [2.05, 4.69) is 0 Å². The van der Waals surface area contributed by atoms with E-state index in [1.165, 1.54) is 0 Å². The van der Waals surface area contributed by atoms with Gasteiger partial charge in [-0.05, 0) is 20.3 Å². The Morgan fingerprint density at radius 3 is 2.53 bits per heavy atom. The molecule has 7 heteroatoms. The second kappa shape index (κ2) is 6.19. The third-order valence-corrected chi connectivity index (χ3v) is 4.86. The maximum atomic E-state index is 12.3. The molecule has 19 heavy (non-hydrogen) atoms. The molecule has 112 valence electrons. The van der Waals surface area contributed by atoms with E-state index >= 15 is 0 Å². The quantitative estimate of drug-likeness (QED) is 0.731. The molecule has 1 fully saturated rings. The Morgan fingerprint density at radius 1 is 1.47 bits per heavy atom. The van der Waals surface area contributed by atoms with Crippen LogP contribution in [0, 0.1) is 0 Å². The summed E-state index contributed by atoms with van der Waals surface area (Å²) in [6, 6.07) is -0.241. The summed E-state index contributed by atoms with van der Waals surface area (Å²) >= 11 is 0. The van der Waals surface area contributed by atoms with E-state index < -0.39 is 15.4 Å². The van der Waals surface area contributed by atoms with Gasteiger partial charge in [0.15, 0.2) is 9.84 Å². The molecule has 0 aromatic carbocycles. The van der Waals surface area contributed by atoms with Crippen molar-refractivity contribution in [3.8, 4) is 0 Å². The average molecular weight is 292 g/mol. The van der Waals surface area contributed by atoms with Crippen molar-refractivity contribution in [1.82, 2.24) is 4.90 Å². The number of amides is 1. The molecule has 2 N–H and O–H groups in total. The second-order valence-corrected chi connectivity index (χ2v) is 8.03. The summed E-state index contributed by atoms with van der Waals surface area (Å²) in [6.45, 7) is 4.37. The number of nitrogens with zero attached hydrogens (tertiary/aromatic N) is 1. The zero-order valence-corrected chi connectivity index (χ0v) is 12.7. The summed E-state index contributed by atoms with van der Waals surface area (Å²) in [5.41, 5.74) is 5.26. The van der Waals surface area contributed by atoms with Gasteiger partial charge in [-0.3, -0.25) is 4.79 Å². The molecule has 1 unspecified atom stereocenters. The summed E-state index contributed by atoms with van der Waals surface area (Å²) in [5.74, 6) is 0.0973. The fourth-order valence-electron chi connectivity index (χ4n) is 2.21. The van der Waals surface area contributed by atoms with Crippen LogP contribution in [0.15, 0.2) is 0 Å². The van der Waals surface area contributed by atoms with Crippen molar-refractivity contribution in [3.63, 3.8) is 0 Å². The lowest BCUT2D eigenvalue weighted by molar-refractivity contribution is -0.134. The standard InChI is InChI=1S/C12H24N2O4S/c1-12(2,13)8-11(15)14(5-6-18-3)10-4-7-19(16,17)9-10/h10H,4-9,13H2,1-3H3. The average Bonchev–Trinajstić information content (AvgIpc) is 2.57. The number of nitrogens with two attached hydrogens (primary N) is 1. The van der Waals surface area contributed by atoms with Gasteiger partial charge in [0.25, 0.3) is 0 Å². The Hall–Kier alpha value is -0.660. The number of sulfone groups is 1. The van der Waals surface area contributed by atoms with Crippen molar-refractivity contribution in [1.29, 1.82) is 0 Å². The summed E-state index contributed by atoms with van der Waals surface area (Å²) in [4.78, 5) is 13.9. The van der Waals surface area contributed by atoms with Crippen molar-refractivity contribution in [2.45, 2.75) is 38.3 Å². The molecular weight excluding hydrogens is 268 g/mol. The third kappa shape index (κ3) is 5.46. The Balaban J connectivity index is 2.74. The third-order valence-electron chi connectivity index (χ3n) is 3.11. The van der Waals surface area contributed by atoms with Crippen molar-refractivity contribution in [2.24, 2.45) is 5.73 Å². The van der Waals surface area contributed by atoms with Crippen LogP contribution in [0.1, 0.15) is 26.7 Å². The van der Waals surface area contributed by atoms with Crippen LogP contribution >= 0.6 is 0 Å². The van der Waals surface area contributed by atoms with Crippen LogP contribution < -0.4 is 5.73 Å². The Kier molecular flexibility index (Phi) is 5.34. The minimum atomic E-state index is -3.01. The normalized spacial score (nSPS) is 22.4. The molecule has 1 atom stereocenters. The maximum Gasteiger partial charge on any atom is 0.224 e. The molecule has 0 aromatic heterocycles. The van der Waals surface area contributed by atoms with Crippen LogP contribution in [0.4, 0.5) is 0 Å². The molecule has 0 radical (unpaired) electrons. The lowest BCUT2D eigenvalue weighted by Gasteiger charge is -2.30. The van der Waals surface area contributed by atoms with Crippen LogP contribution in [0.25, 0.3) is 0 Å². The molecule has 0 spiro atoms. The van der Waals surface area contributed by atoms with Crippen LogP contribution in [0.5, 0.6) is 0 Å². The van der Waals surface area contributed by atoms with Gasteiger partial charge in [0, 0.05) is 31.7 Å². The highest BCUT2D eigenvalue weighted by atomic mass is 32.2. The van der Waals surface area contributed by atoms with E-state index in [4.69, 9.17) is 10.5 Å². The zero-order chi connectivity index (χ0) is 14.7. The molecular formula is C12H24N2O4S.